The smallest absolute Gasteiger partial charge is 0.224 e. The molecular weight excluding hydrogens is 323 g/mol. The van der Waals surface area contributed by atoms with Crippen LogP contribution in [0, 0.1) is 0 Å². The second-order valence-corrected chi connectivity index (χ2v) is 5.99. The molecule has 116 valence electrons. The zero-order chi connectivity index (χ0) is 15.5. The lowest BCUT2D eigenvalue weighted by atomic mass is 10.2. The lowest BCUT2D eigenvalue weighted by molar-refractivity contribution is 0.311. The van der Waals surface area contributed by atoms with E-state index in [2.05, 4.69) is 20.6 Å². The first-order valence-electron chi connectivity index (χ1n) is 7.11. The van der Waals surface area contributed by atoms with Crippen molar-refractivity contribution >= 4 is 40.7 Å². The van der Waals surface area contributed by atoms with E-state index in [1.165, 1.54) is 0 Å². The zero-order valence-electron chi connectivity index (χ0n) is 11.8. The molecule has 22 heavy (non-hydrogen) atoms. The molecule has 7 heteroatoms. The fourth-order valence-corrected chi connectivity index (χ4v) is 2.38. The first-order chi connectivity index (χ1) is 10.7. The molecule has 1 aliphatic rings. The predicted octanol–water partition coefficient (Wildman–Crippen LogP) is 3.81. The van der Waals surface area contributed by atoms with Crippen molar-refractivity contribution in [3.63, 3.8) is 0 Å². The van der Waals surface area contributed by atoms with Gasteiger partial charge in [0.15, 0.2) is 0 Å². The van der Waals surface area contributed by atoms with Crippen LogP contribution >= 0.6 is 23.2 Å². The summed E-state index contributed by atoms with van der Waals surface area (Å²) in [5.74, 6) is 1.71. The SMILES string of the molecule is OCCNc1nc(Nc2ccc(Cl)c(Cl)c2)cc(C2CC2)n1. The molecule has 1 heterocycles. The molecule has 0 amide bonds. The second kappa shape index (κ2) is 6.69. The molecule has 3 N–H and O–H groups in total. The summed E-state index contributed by atoms with van der Waals surface area (Å²) in [6, 6.07) is 7.28. The van der Waals surface area contributed by atoms with Crippen LogP contribution in [-0.2, 0) is 0 Å². The van der Waals surface area contributed by atoms with Gasteiger partial charge in [-0.2, -0.15) is 4.98 Å². The van der Waals surface area contributed by atoms with E-state index >= 15 is 0 Å². The van der Waals surface area contributed by atoms with Gasteiger partial charge in [0.2, 0.25) is 5.95 Å². The molecular formula is C15H16Cl2N4O. The van der Waals surface area contributed by atoms with Crippen LogP contribution in [-0.4, -0.2) is 28.2 Å². The number of hydrogen-bond acceptors (Lipinski definition) is 5. The number of aromatic nitrogens is 2. The Labute approximate surface area is 138 Å². The maximum absolute atomic E-state index is 8.92. The molecule has 1 aromatic carbocycles. The van der Waals surface area contributed by atoms with E-state index in [1.54, 1.807) is 12.1 Å². The Morgan fingerprint density at radius 3 is 2.64 bits per heavy atom. The van der Waals surface area contributed by atoms with E-state index in [-0.39, 0.29) is 6.61 Å². The van der Waals surface area contributed by atoms with E-state index in [0.717, 1.165) is 24.2 Å². The number of rotatable bonds is 6. The first-order valence-corrected chi connectivity index (χ1v) is 7.87. The first kappa shape index (κ1) is 15.3. The van der Waals surface area contributed by atoms with Gasteiger partial charge in [-0.3, -0.25) is 0 Å². The van der Waals surface area contributed by atoms with Gasteiger partial charge < -0.3 is 15.7 Å². The van der Waals surface area contributed by atoms with Crippen molar-refractivity contribution in [3.05, 3.63) is 40.0 Å². The topological polar surface area (TPSA) is 70.1 Å². The third kappa shape index (κ3) is 3.80. The Hall–Kier alpha value is -1.56. The van der Waals surface area contributed by atoms with Crippen LogP contribution in [0.1, 0.15) is 24.5 Å². The summed E-state index contributed by atoms with van der Waals surface area (Å²) < 4.78 is 0. The molecule has 0 saturated heterocycles. The van der Waals surface area contributed by atoms with Gasteiger partial charge in [-0.1, -0.05) is 23.2 Å². The molecule has 0 spiro atoms. The van der Waals surface area contributed by atoms with Crippen molar-refractivity contribution in [2.45, 2.75) is 18.8 Å². The Morgan fingerprint density at radius 1 is 1.14 bits per heavy atom. The minimum Gasteiger partial charge on any atom is -0.395 e. The molecule has 5 nitrogen and oxygen atoms in total. The molecule has 2 aromatic rings. The Morgan fingerprint density at radius 2 is 1.95 bits per heavy atom. The third-order valence-corrected chi connectivity index (χ3v) is 4.07. The highest BCUT2D eigenvalue weighted by molar-refractivity contribution is 6.42. The lowest BCUT2D eigenvalue weighted by Crippen LogP contribution is -2.10. The molecule has 0 bridgehead atoms. The van der Waals surface area contributed by atoms with E-state index < -0.39 is 0 Å². The highest BCUT2D eigenvalue weighted by atomic mass is 35.5. The molecule has 1 aromatic heterocycles. The van der Waals surface area contributed by atoms with Gasteiger partial charge in [0.1, 0.15) is 5.82 Å². The van der Waals surface area contributed by atoms with Gasteiger partial charge in [-0.05, 0) is 31.0 Å². The zero-order valence-corrected chi connectivity index (χ0v) is 13.3. The maximum Gasteiger partial charge on any atom is 0.224 e. The van der Waals surface area contributed by atoms with Crippen molar-refractivity contribution in [3.8, 4) is 0 Å². The van der Waals surface area contributed by atoms with Gasteiger partial charge in [0.25, 0.3) is 0 Å². The fourth-order valence-electron chi connectivity index (χ4n) is 2.09. The summed E-state index contributed by atoms with van der Waals surface area (Å²) in [4.78, 5) is 8.89. The van der Waals surface area contributed by atoms with Gasteiger partial charge in [0, 0.05) is 24.2 Å². The van der Waals surface area contributed by atoms with Crippen LogP contribution in [0.4, 0.5) is 17.5 Å². The van der Waals surface area contributed by atoms with E-state index in [0.29, 0.717) is 34.3 Å². The summed E-state index contributed by atoms with van der Waals surface area (Å²) in [5, 5.41) is 16.1. The van der Waals surface area contributed by atoms with Crippen LogP contribution in [0.25, 0.3) is 0 Å². The van der Waals surface area contributed by atoms with Gasteiger partial charge in [-0.25, -0.2) is 4.98 Å². The van der Waals surface area contributed by atoms with Crippen molar-refractivity contribution in [1.82, 2.24) is 9.97 Å². The average molecular weight is 339 g/mol. The van der Waals surface area contributed by atoms with E-state index in [1.807, 2.05) is 12.1 Å². The van der Waals surface area contributed by atoms with Crippen LogP contribution in [0.15, 0.2) is 24.3 Å². The number of nitrogens with zero attached hydrogens (tertiary/aromatic N) is 2. The summed E-state index contributed by atoms with van der Waals surface area (Å²) >= 11 is 11.9. The fraction of sp³-hybridized carbons (Fsp3) is 0.333. The second-order valence-electron chi connectivity index (χ2n) is 5.18. The molecule has 1 fully saturated rings. The molecule has 0 unspecified atom stereocenters. The summed E-state index contributed by atoms with van der Waals surface area (Å²) in [5.41, 5.74) is 1.82. The third-order valence-electron chi connectivity index (χ3n) is 3.33. The lowest BCUT2D eigenvalue weighted by Gasteiger charge is -2.11. The number of hydrogen-bond donors (Lipinski definition) is 3. The van der Waals surface area contributed by atoms with Crippen LogP contribution in [0.3, 0.4) is 0 Å². The van der Waals surface area contributed by atoms with E-state index in [4.69, 9.17) is 28.3 Å². The number of aliphatic hydroxyl groups is 1. The Bertz CT molecular complexity index is 677. The van der Waals surface area contributed by atoms with Crippen molar-refractivity contribution in [2.24, 2.45) is 0 Å². The highest BCUT2D eigenvalue weighted by Gasteiger charge is 2.26. The van der Waals surface area contributed by atoms with Gasteiger partial charge >= 0.3 is 0 Å². The monoisotopic (exact) mass is 338 g/mol. The highest BCUT2D eigenvalue weighted by Crippen LogP contribution is 2.40. The quantitative estimate of drug-likeness (QED) is 0.747. The van der Waals surface area contributed by atoms with Gasteiger partial charge in [0.05, 0.1) is 22.3 Å². The summed E-state index contributed by atoms with van der Waals surface area (Å²) in [6.45, 7) is 0.451. The Balaban J connectivity index is 1.84. The average Bonchev–Trinajstić information content (AvgIpc) is 3.33. The molecule has 0 radical (unpaired) electrons. The molecule has 3 rings (SSSR count). The van der Waals surface area contributed by atoms with Crippen molar-refractivity contribution in [2.75, 3.05) is 23.8 Å². The predicted molar refractivity (Wildman–Crippen MR) is 89.3 cm³/mol. The summed E-state index contributed by atoms with van der Waals surface area (Å²) in [6.07, 6.45) is 2.31. The number of aliphatic hydroxyl groups excluding tert-OH is 1. The number of halogens is 2. The molecule has 1 saturated carbocycles. The van der Waals surface area contributed by atoms with Crippen LogP contribution < -0.4 is 10.6 Å². The minimum atomic E-state index is 0.0343. The maximum atomic E-state index is 8.92. The normalized spacial score (nSPS) is 14.0. The van der Waals surface area contributed by atoms with E-state index in [9.17, 15) is 0 Å². The Kier molecular flexibility index (Phi) is 4.66. The summed E-state index contributed by atoms with van der Waals surface area (Å²) in [7, 11) is 0. The molecule has 0 atom stereocenters. The standard InChI is InChI=1S/C15H16Cl2N4O/c16-11-4-3-10(7-12(11)17)19-14-8-13(9-1-2-9)20-15(21-14)18-5-6-22/h3-4,7-9,22H,1-2,5-6H2,(H2,18,19,20,21). The van der Waals surface area contributed by atoms with Crippen LogP contribution in [0.2, 0.25) is 10.0 Å². The number of benzene rings is 1. The minimum absolute atomic E-state index is 0.0343. The number of nitrogens with one attached hydrogen (secondary N) is 2. The van der Waals surface area contributed by atoms with Crippen LogP contribution in [0.5, 0.6) is 0 Å². The van der Waals surface area contributed by atoms with Gasteiger partial charge in [-0.15, -0.1) is 0 Å². The van der Waals surface area contributed by atoms with Crippen molar-refractivity contribution < 1.29 is 5.11 Å². The number of anilines is 3. The largest absolute Gasteiger partial charge is 0.395 e. The van der Waals surface area contributed by atoms with Crippen molar-refractivity contribution in [1.29, 1.82) is 0 Å². The molecule has 0 aliphatic heterocycles. The molecule has 1 aliphatic carbocycles.